The number of anilines is 4. The highest BCUT2D eigenvalue weighted by Crippen LogP contribution is 2.26. The summed E-state index contributed by atoms with van der Waals surface area (Å²) < 4.78 is 10.2. The molecule has 0 saturated carbocycles. The van der Waals surface area contributed by atoms with Crippen LogP contribution >= 0.6 is 0 Å². The number of nitrogens with one attached hydrogen (secondary N) is 2. The van der Waals surface area contributed by atoms with E-state index in [9.17, 15) is 4.79 Å². The van der Waals surface area contributed by atoms with E-state index in [1.54, 1.807) is 37.5 Å². The van der Waals surface area contributed by atoms with Gasteiger partial charge in [0.05, 0.1) is 25.0 Å². The first-order valence-corrected chi connectivity index (χ1v) is 8.08. The van der Waals surface area contributed by atoms with E-state index in [-0.39, 0.29) is 5.97 Å². The van der Waals surface area contributed by atoms with Crippen LogP contribution in [0.3, 0.4) is 0 Å². The van der Waals surface area contributed by atoms with E-state index in [4.69, 9.17) is 14.9 Å². The minimum atomic E-state index is -0.356. The molecular formula is C18H19N5O3. The molecular weight excluding hydrogens is 334 g/mol. The first-order chi connectivity index (χ1) is 12.7. The number of carbonyl (C=O) groups is 1. The highest BCUT2D eigenvalue weighted by molar-refractivity contribution is 5.90. The first-order valence-electron chi connectivity index (χ1n) is 8.08. The van der Waals surface area contributed by atoms with Gasteiger partial charge in [0.1, 0.15) is 17.8 Å². The molecule has 0 aliphatic rings. The van der Waals surface area contributed by atoms with Gasteiger partial charge in [0, 0.05) is 5.69 Å². The molecule has 4 N–H and O–H groups in total. The zero-order valence-corrected chi connectivity index (χ0v) is 14.2. The summed E-state index contributed by atoms with van der Waals surface area (Å²) in [6.07, 6.45) is 3.02. The number of hydrogen-bond donors (Lipinski definition) is 3. The summed E-state index contributed by atoms with van der Waals surface area (Å²) in [5.74, 6) is 1.38. The summed E-state index contributed by atoms with van der Waals surface area (Å²) in [5, 5.41) is 6.22. The van der Waals surface area contributed by atoms with Crippen LogP contribution in [0.25, 0.3) is 0 Å². The topological polar surface area (TPSA) is 115 Å². The summed E-state index contributed by atoms with van der Waals surface area (Å²) in [5.41, 5.74) is 7.73. The number of esters is 1. The van der Waals surface area contributed by atoms with Crippen molar-refractivity contribution < 1.29 is 13.9 Å². The van der Waals surface area contributed by atoms with Gasteiger partial charge in [0.15, 0.2) is 11.6 Å². The normalized spacial score (nSPS) is 10.3. The Kier molecular flexibility index (Phi) is 5.33. The number of carbonyl (C=O) groups excluding carboxylic acids is 1. The SMILES string of the molecule is CCOC(=O)c1ccc(Nc2ncnc(NCc3ccco3)c2N)cc1. The Hall–Kier alpha value is -3.55. The second kappa shape index (κ2) is 8.02. The molecule has 3 rings (SSSR count). The molecule has 26 heavy (non-hydrogen) atoms. The molecule has 0 bridgehead atoms. The quantitative estimate of drug-likeness (QED) is 0.555. The zero-order chi connectivity index (χ0) is 18.4. The van der Waals surface area contributed by atoms with Crippen LogP contribution in [0.2, 0.25) is 0 Å². The van der Waals surface area contributed by atoms with Crippen LogP contribution < -0.4 is 16.4 Å². The van der Waals surface area contributed by atoms with Crippen molar-refractivity contribution in [2.24, 2.45) is 0 Å². The van der Waals surface area contributed by atoms with Gasteiger partial charge in [-0.2, -0.15) is 0 Å². The molecule has 0 saturated heterocycles. The third kappa shape index (κ3) is 4.10. The number of aromatic nitrogens is 2. The number of ether oxygens (including phenoxy) is 1. The van der Waals surface area contributed by atoms with Gasteiger partial charge in [-0.25, -0.2) is 14.8 Å². The average molecular weight is 353 g/mol. The zero-order valence-electron chi connectivity index (χ0n) is 14.2. The third-order valence-corrected chi connectivity index (χ3v) is 3.55. The van der Waals surface area contributed by atoms with Gasteiger partial charge >= 0.3 is 5.97 Å². The summed E-state index contributed by atoms with van der Waals surface area (Å²) in [6, 6.07) is 10.5. The van der Waals surface area contributed by atoms with Crippen molar-refractivity contribution in [1.29, 1.82) is 0 Å². The maximum atomic E-state index is 11.7. The number of rotatable bonds is 7. The molecule has 2 heterocycles. The van der Waals surface area contributed by atoms with Gasteiger partial charge in [-0.15, -0.1) is 0 Å². The molecule has 3 aromatic rings. The van der Waals surface area contributed by atoms with Crippen molar-refractivity contribution in [3.05, 3.63) is 60.3 Å². The Balaban J connectivity index is 1.69. The van der Waals surface area contributed by atoms with E-state index in [2.05, 4.69) is 20.6 Å². The van der Waals surface area contributed by atoms with E-state index in [1.165, 1.54) is 6.33 Å². The fraction of sp³-hybridized carbons (Fsp3) is 0.167. The molecule has 0 radical (unpaired) electrons. The van der Waals surface area contributed by atoms with Crippen LogP contribution in [0.4, 0.5) is 23.0 Å². The lowest BCUT2D eigenvalue weighted by molar-refractivity contribution is 0.0526. The van der Waals surface area contributed by atoms with E-state index < -0.39 is 0 Å². The van der Waals surface area contributed by atoms with Crippen LogP contribution in [-0.2, 0) is 11.3 Å². The van der Waals surface area contributed by atoms with Crippen molar-refractivity contribution in [1.82, 2.24) is 9.97 Å². The Morgan fingerprint density at radius 2 is 1.96 bits per heavy atom. The van der Waals surface area contributed by atoms with Gasteiger partial charge in [-0.1, -0.05) is 0 Å². The van der Waals surface area contributed by atoms with Gasteiger partial charge in [-0.05, 0) is 43.3 Å². The van der Waals surface area contributed by atoms with Crippen molar-refractivity contribution in [2.75, 3.05) is 23.0 Å². The second-order valence-corrected chi connectivity index (χ2v) is 5.34. The minimum Gasteiger partial charge on any atom is -0.467 e. The maximum absolute atomic E-state index is 11.7. The lowest BCUT2D eigenvalue weighted by atomic mass is 10.2. The molecule has 0 aliphatic heterocycles. The van der Waals surface area contributed by atoms with Gasteiger partial charge in [0.2, 0.25) is 0 Å². The first kappa shape index (κ1) is 17.3. The van der Waals surface area contributed by atoms with E-state index in [0.29, 0.717) is 36.0 Å². The van der Waals surface area contributed by atoms with E-state index in [0.717, 1.165) is 11.4 Å². The van der Waals surface area contributed by atoms with Gasteiger partial charge in [-0.3, -0.25) is 0 Å². The number of nitrogen functional groups attached to an aromatic ring is 1. The maximum Gasteiger partial charge on any atom is 0.338 e. The molecule has 8 heteroatoms. The smallest absolute Gasteiger partial charge is 0.338 e. The Labute approximate surface area is 150 Å². The van der Waals surface area contributed by atoms with Gasteiger partial charge in [0.25, 0.3) is 0 Å². The average Bonchev–Trinajstić information content (AvgIpc) is 3.17. The molecule has 0 unspecified atom stereocenters. The van der Waals surface area contributed by atoms with Crippen molar-refractivity contribution in [3.8, 4) is 0 Å². The Morgan fingerprint density at radius 1 is 1.19 bits per heavy atom. The molecule has 8 nitrogen and oxygen atoms in total. The molecule has 0 fully saturated rings. The minimum absolute atomic E-state index is 0.337. The largest absolute Gasteiger partial charge is 0.467 e. The molecule has 0 atom stereocenters. The molecule has 2 aromatic heterocycles. The fourth-order valence-corrected chi connectivity index (χ4v) is 2.26. The summed E-state index contributed by atoms with van der Waals surface area (Å²) in [4.78, 5) is 20.0. The molecule has 0 spiro atoms. The van der Waals surface area contributed by atoms with Crippen molar-refractivity contribution >= 4 is 29.0 Å². The Morgan fingerprint density at radius 3 is 2.65 bits per heavy atom. The molecule has 0 amide bonds. The van der Waals surface area contributed by atoms with Crippen molar-refractivity contribution in [2.45, 2.75) is 13.5 Å². The fourth-order valence-electron chi connectivity index (χ4n) is 2.26. The molecule has 134 valence electrons. The summed E-state index contributed by atoms with van der Waals surface area (Å²) >= 11 is 0. The number of hydrogen-bond acceptors (Lipinski definition) is 8. The number of nitrogens with zero attached hydrogens (tertiary/aromatic N) is 2. The summed E-state index contributed by atoms with van der Waals surface area (Å²) in [7, 11) is 0. The van der Waals surface area contributed by atoms with Crippen LogP contribution in [-0.4, -0.2) is 22.5 Å². The van der Waals surface area contributed by atoms with Crippen LogP contribution in [0.1, 0.15) is 23.0 Å². The number of nitrogens with two attached hydrogens (primary N) is 1. The second-order valence-electron chi connectivity index (χ2n) is 5.34. The van der Waals surface area contributed by atoms with Crippen LogP contribution in [0.5, 0.6) is 0 Å². The predicted molar refractivity (Wildman–Crippen MR) is 98.2 cm³/mol. The lowest BCUT2D eigenvalue weighted by Crippen LogP contribution is -2.08. The van der Waals surface area contributed by atoms with Gasteiger partial charge < -0.3 is 25.5 Å². The van der Waals surface area contributed by atoms with E-state index >= 15 is 0 Å². The summed E-state index contributed by atoms with van der Waals surface area (Å²) in [6.45, 7) is 2.56. The highest BCUT2D eigenvalue weighted by atomic mass is 16.5. The number of benzene rings is 1. The molecule has 0 aliphatic carbocycles. The van der Waals surface area contributed by atoms with Crippen LogP contribution in [0, 0.1) is 0 Å². The van der Waals surface area contributed by atoms with Crippen molar-refractivity contribution in [3.63, 3.8) is 0 Å². The Bertz CT molecular complexity index is 863. The lowest BCUT2D eigenvalue weighted by Gasteiger charge is -2.12. The van der Waals surface area contributed by atoms with Crippen LogP contribution in [0.15, 0.2) is 53.4 Å². The highest BCUT2D eigenvalue weighted by Gasteiger charge is 2.10. The predicted octanol–water partition coefficient (Wildman–Crippen LogP) is 3.18. The number of furan rings is 1. The van der Waals surface area contributed by atoms with E-state index in [1.807, 2.05) is 12.1 Å². The third-order valence-electron chi connectivity index (χ3n) is 3.55. The monoisotopic (exact) mass is 353 g/mol. The standard InChI is InChI=1S/C18H19N5O3/c1-2-25-18(24)12-5-7-13(8-6-12)23-17-15(19)16(21-11-22-17)20-10-14-4-3-9-26-14/h3-9,11H,2,10,19H2,1H3,(H2,20,21,22,23). The molecule has 1 aromatic carbocycles.